The van der Waals surface area contributed by atoms with E-state index in [1.165, 1.54) is 11.1 Å². The van der Waals surface area contributed by atoms with E-state index in [4.69, 9.17) is 5.73 Å². The topological polar surface area (TPSA) is 43.8 Å². The van der Waals surface area contributed by atoms with E-state index in [1.807, 2.05) is 17.7 Å². The molecule has 0 spiro atoms. The summed E-state index contributed by atoms with van der Waals surface area (Å²) in [6.45, 7) is 6.77. The number of nitrogens with two attached hydrogens (primary N) is 1. The average Bonchev–Trinajstić information content (AvgIpc) is 2.64. The third kappa shape index (κ3) is 1.74. The van der Waals surface area contributed by atoms with Gasteiger partial charge in [0, 0.05) is 12.2 Å². The number of nitrogens with zero attached hydrogens (tertiary/aromatic N) is 2. The highest BCUT2D eigenvalue weighted by Crippen LogP contribution is 2.19. The van der Waals surface area contributed by atoms with Crippen molar-refractivity contribution in [3.8, 4) is 5.69 Å². The van der Waals surface area contributed by atoms with Gasteiger partial charge < -0.3 is 5.73 Å². The second-order valence-corrected chi connectivity index (χ2v) is 4.11. The van der Waals surface area contributed by atoms with Crippen LogP contribution in [0.25, 0.3) is 5.69 Å². The van der Waals surface area contributed by atoms with Gasteiger partial charge in [-0.25, -0.2) is 4.68 Å². The van der Waals surface area contributed by atoms with Crippen LogP contribution in [-0.2, 0) is 6.54 Å². The lowest BCUT2D eigenvalue weighted by Crippen LogP contribution is -2.04. The van der Waals surface area contributed by atoms with Crippen LogP contribution in [0.3, 0.4) is 0 Å². The molecular formula is C13H17N3. The summed E-state index contributed by atoms with van der Waals surface area (Å²) in [6.07, 6.45) is 0. The van der Waals surface area contributed by atoms with Crippen LogP contribution in [0.2, 0.25) is 0 Å². The normalized spacial score (nSPS) is 10.8. The highest BCUT2D eigenvalue weighted by Gasteiger charge is 2.08. The second kappa shape index (κ2) is 4.10. The summed E-state index contributed by atoms with van der Waals surface area (Å²) >= 11 is 0. The van der Waals surface area contributed by atoms with Crippen molar-refractivity contribution >= 4 is 0 Å². The molecule has 0 aliphatic rings. The number of aromatic nitrogens is 2. The molecule has 0 radical (unpaired) electrons. The molecule has 0 aliphatic heterocycles. The van der Waals surface area contributed by atoms with Crippen molar-refractivity contribution in [1.29, 1.82) is 0 Å². The minimum atomic E-state index is 0.485. The first-order chi connectivity index (χ1) is 7.63. The molecular weight excluding hydrogens is 198 g/mol. The van der Waals surface area contributed by atoms with Crippen LogP contribution in [0, 0.1) is 20.8 Å². The highest BCUT2D eigenvalue weighted by atomic mass is 15.3. The molecule has 0 saturated heterocycles. The number of benzene rings is 1. The second-order valence-electron chi connectivity index (χ2n) is 4.11. The van der Waals surface area contributed by atoms with Crippen molar-refractivity contribution in [3.05, 3.63) is 46.8 Å². The Morgan fingerprint density at radius 2 is 2.00 bits per heavy atom. The first kappa shape index (κ1) is 10.9. The maximum atomic E-state index is 5.60. The zero-order valence-corrected chi connectivity index (χ0v) is 9.99. The van der Waals surface area contributed by atoms with Crippen LogP contribution in [0.4, 0.5) is 0 Å². The fourth-order valence-electron chi connectivity index (χ4n) is 1.85. The first-order valence-corrected chi connectivity index (χ1v) is 5.45. The first-order valence-electron chi connectivity index (χ1n) is 5.45. The molecule has 1 heterocycles. The maximum absolute atomic E-state index is 5.60. The lowest BCUT2D eigenvalue weighted by molar-refractivity contribution is 0.806. The van der Waals surface area contributed by atoms with E-state index >= 15 is 0 Å². The number of rotatable bonds is 2. The van der Waals surface area contributed by atoms with E-state index in [2.05, 4.69) is 37.1 Å². The number of hydrogen-bond donors (Lipinski definition) is 1. The van der Waals surface area contributed by atoms with E-state index in [0.29, 0.717) is 6.54 Å². The maximum Gasteiger partial charge on any atom is 0.0767 e. The summed E-state index contributed by atoms with van der Waals surface area (Å²) < 4.78 is 1.96. The third-order valence-electron chi connectivity index (χ3n) is 2.95. The summed E-state index contributed by atoms with van der Waals surface area (Å²) in [5.74, 6) is 0. The Kier molecular flexibility index (Phi) is 2.79. The molecule has 84 valence electrons. The summed E-state index contributed by atoms with van der Waals surface area (Å²) in [5, 5.41) is 4.49. The highest BCUT2D eigenvalue weighted by molar-refractivity contribution is 5.45. The molecule has 2 N–H and O–H groups in total. The van der Waals surface area contributed by atoms with E-state index in [0.717, 1.165) is 17.1 Å². The van der Waals surface area contributed by atoms with Crippen LogP contribution in [0.5, 0.6) is 0 Å². The van der Waals surface area contributed by atoms with Crippen LogP contribution < -0.4 is 5.73 Å². The molecule has 3 nitrogen and oxygen atoms in total. The fourth-order valence-corrected chi connectivity index (χ4v) is 1.85. The van der Waals surface area contributed by atoms with Crippen molar-refractivity contribution in [2.45, 2.75) is 27.3 Å². The van der Waals surface area contributed by atoms with Gasteiger partial charge in [-0.05, 0) is 44.0 Å². The molecule has 1 aromatic heterocycles. The molecule has 3 heteroatoms. The van der Waals surface area contributed by atoms with Crippen molar-refractivity contribution < 1.29 is 0 Å². The Morgan fingerprint density at radius 1 is 1.25 bits per heavy atom. The molecule has 0 saturated carbocycles. The standard InChI is InChI=1S/C13H17N3/c1-9-5-4-6-13(11(9)3)16-10(2)7-12(8-14)15-16/h4-7H,8,14H2,1-3H3. The van der Waals surface area contributed by atoms with Gasteiger partial charge in [0.05, 0.1) is 11.4 Å². The summed E-state index contributed by atoms with van der Waals surface area (Å²) in [6, 6.07) is 8.28. The SMILES string of the molecule is Cc1cccc(-n2nc(CN)cc2C)c1C. The smallest absolute Gasteiger partial charge is 0.0767 e. The summed E-state index contributed by atoms with van der Waals surface area (Å²) in [4.78, 5) is 0. The molecule has 2 rings (SSSR count). The quantitative estimate of drug-likeness (QED) is 0.835. The van der Waals surface area contributed by atoms with Crippen molar-refractivity contribution in [1.82, 2.24) is 9.78 Å². The van der Waals surface area contributed by atoms with Crippen LogP contribution >= 0.6 is 0 Å². The number of aryl methyl sites for hydroxylation is 2. The van der Waals surface area contributed by atoms with Gasteiger partial charge in [-0.1, -0.05) is 12.1 Å². The zero-order chi connectivity index (χ0) is 11.7. The largest absolute Gasteiger partial charge is 0.325 e. The summed E-state index contributed by atoms with van der Waals surface area (Å²) in [5.41, 5.74) is 11.3. The van der Waals surface area contributed by atoms with Gasteiger partial charge >= 0.3 is 0 Å². The Morgan fingerprint density at radius 3 is 2.62 bits per heavy atom. The third-order valence-corrected chi connectivity index (χ3v) is 2.95. The monoisotopic (exact) mass is 215 g/mol. The van der Waals surface area contributed by atoms with E-state index in [-0.39, 0.29) is 0 Å². The molecule has 16 heavy (non-hydrogen) atoms. The van der Waals surface area contributed by atoms with E-state index < -0.39 is 0 Å². The minimum Gasteiger partial charge on any atom is -0.325 e. The predicted octanol–water partition coefficient (Wildman–Crippen LogP) is 2.26. The van der Waals surface area contributed by atoms with Crippen molar-refractivity contribution in [2.24, 2.45) is 5.73 Å². The molecule has 0 bridgehead atoms. The molecule has 2 aromatic rings. The Labute approximate surface area is 95.9 Å². The van der Waals surface area contributed by atoms with Gasteiger partial charge in [0.1, 0.15) is 0 Å². The molecule has 0 unspecified atom stereocenters. The van der Waals surface area contributed by atoms with E-state index in [9.17, 15) is 0 Å². The Bertz CT molecular complexity index is 512. The number of hydrogen-bond acceptors (Lipinski definition) is 2. The zero-order valence-electron chi connectivity index (χ0n) is 9.99. The lowest BCUT2D eigenvalue weighted by atomic mass is 10.1. The predicted molar refractivity (Wildman–Crippen MR) is 65.7 cm³/mol. The van der Waals surface area contributed by atoms with Crippen molar-refractivity contribution in [2.75, 3.05) is 0 Å². The molecule has 0 amide bonds. The average molecular weight is 215 g/mol. The van der Waals surface area contributed by atoms with Gasteiger partial charge in [-0.2, -0.15) is 5.10 Å². The molecule has 0 fully saturated rings. The Hall–Kier alpha value is -1.61. The minimum absolute atomic E-state index is 0.485. The van der Waals surface area contributed by atoms with Crippen LogP contribution in [0.15, 0.2) is 24.3 Å². The van der Waals surface area contributed by atoms with E-state index in [1.54, 1.807) is 0 Å². The lowest BCUT2D eigenvalue weighted by Gasteiger charge is -2.10. The molecule has 1 aromatic carbocycles. The summed E-state index contributed by atoms with van der Waals surface area (Å²) in [7, 11) is 0. The van der Waals surface area contributed by atoms with Gasteiger partial charge in [0.2, 0.25) is 0 Å². The van der Waals surface area contributed by atoms with Crippen molar-refractivity contribution in [3.63, 3.8) is 0 Å². The molecule has 0 aliphatic carbocycles. The molecule has 0 atom stereocenters. The van der Waals surface area contributed by atoms with Gasteiger partial charge in [-0.15, -0.1) is 0 Å². The Balaban J connectivity index is 2.58. The fraction of sp³-hybridized carbons (Fsp3) is 0.308. The van der Waals surface area contributed by atoms with Gasteiger partial charge in [0.25, 0.3) is 0 Å². The van der Waals surface area contributed by atoms with Gasteiger partial charge in [0.15, 0.2) is 0 Å². The van der Waals surface area contributed by atoms with Crippen LogP contribution in [0.1, 0.15) is 22.5 Å². The van der Waals surface area contributed by atoms with Gasteiger partial charge in [-0.3, -0.25) is 0 Å². The van der Waals surface area contributed by atoms with Crippen LogP contribution in [-0.4, -0.2) is 9.78 Å².